The average Bonchev–Trinajstić information content (AvgIpc) is 3.10. The van der Waals surface area contributed by atoms with Crippen molar-refractivity contribution in [2.45, 2.75) is 18.1 Å². The lowest BCUT2D eigenvalue weighted by molar-refractivity contribution is 0.102. The molecule has 1 heterocycles. The van der Waals surface area contributed by atoms with Gasteiger partial charge in [0, 0.05) is 20.7 Å². The Morgan fingerprint density at radius 1 is 1.14 bits per heavy atom. The second-order valence-corrected chi connectivity index (χ2v) is 8.81. The molecule has 1 aromatic heterocycles. The van der Waals surface area contributed by atoms with Gasteiger partial charge in [0.2, 0.25) is 0 Å². The van der Waals surface area contributed by atoms with Crippen LogP contribution in [0.15, 0.2) is 58.2 Å². The number of hydrogen-bond acceptors (Lipinski definition) is 5. The standard InChI is InChI=1S/C20H20BrClN4OS/c1-13(25(2)3)19-23-24-20(26(19)17-10-8-16(22)9-11-17)28-12-18(27)14-4-6-15(21)7-5-14/h4-11,13H,12H2,1-3H3. The molecule has 1 unspecified atom stereocenters. The Labute approximate surface area is 182 Å². The maximum absolute atomic E-state index is 12.6. The van der Waals surface area contributed by atoms with Crippen LogP contribution in [0, 0.1) is 0 Å². The quantitative estimate of drug-likeness (QED) is 0.341. The van der Waals surface area contributed by atoms with Gasteiger partial charge in [-0.1, -0.05) is 51.4 Å². The van der Waals surface area contributed by atoms with Gasteiger partial charge in [0.1, 0.15) is 0 Å². The Morgan fingerprint density at radius 3 is 2.39 bits per heavy atom. The molecule has 0 aliphatic rings. The Kier molecular flexibility index (Phi) is 6.93. The van der Waals surface area contributed by atoms with Crippen molar-refractivity contribution >= 4 is 45.1 Å². The molecule has 0 amide bonds. The zero-order valence-electron chi connectivity index (χ0n) is 15.8. The number of thioether (sulfide) groups is 1. The number of carbonyl (C=O) groups is 1. The molecule has 2 aromatic carbocycles. The number of Topliss-reactive ketones (excluding diaryl/α,β-unsaturated/α-hetero) is 1. The van der Waals surface area contributed by atoms with Crippen LogP contribution in [0.4, 0.5) is 0 Å². The molecule has 0 saturated heterocycles. The fourth-order valence-electron chi connectivity index (χ4n) is 2.56. The minimum atomic E-state index is 0.0466. The highest BCUT2D eigenvalue weighted by Gasteiger charge is 2.21. The van der Waals surface area contributed by atoms with Crippen LogP contribution in [0.25, 0.3) is 5.69 Å². The Bertz CT molecular complexity index is 957. The minimum Gasteiger partial charge on any atom is -0.300 e. The van der Waals surface area contributed by atoms with Crippen molar-refractivity contribution in [2.75, 3.05) is 19.8 Å². The molecule has 5 nitrogen and oxygen atoms in total. The van der Waals surface area contributed by atoms with Crippen LogP contribution in [0.1, 0.15) is 29.1 Å². The van der Waals surface area contributed by atoms with E-state index in [9.17, 15) is 4.79 Å². The molecule has 0 spiro atoms. The van der Waals surface area contributed by atoms with E-state index in [-0.39, 0.29) is 17.6 Å². The summed E-state index contributed by atoms with van der Waals surface area (Å²) >= 11 is 10.8. The van der Waals surface area contributed by atoms with Gasteiger partial charge >= 0.3 is 0 Å². The van der Waals surface area contributed by atoms with Crippen LogP contribution in [0.2, 0.25) is 5.02 Å². The minimum absolute atomic E-state index is 0.0466. The summed E-state index contributed by atoms with van der Waals surface area (Å²) in [4.78, 5) is 14.6. The van der Waals surface area contributed by atoms with Gasteiger partial charge in [0.15, 0.2) is 16.8 Å². The molecular weight excluding hydrogens is 460 g/mol. The van der Waals surface area contributed by atoms with Crippen molar-refractivity contribution in [1.29, 1.82) is 0 Å². The summed E-state index contributed by atoms with van der Waals surface area (Å²) in [6.07, 6.45) is 0. The second kappa shape index (κ2) is 9.22. The average molecular weight is 480 g/mol. The van der Waals surface area contributed by atoms with E-state index in [4.69, 9.17) is 11.6 Å². The molecule has 28 heavy (non-hydrogen) atoms. The van der Waals surface area contributed by atoms with E-state index in [1.54, 1.807) is 0 Å². The summed E-state index contributed by atoms with van der Waals surface area (Å²) in [5.41, 5.74) is 1.59. The smallest absolute Gasteiger partial charge is 0.196 e. The largest absolute Gasteiger partial charge is 0.300 e. The van der Waals surface area contributed by atoms with Crippen LogP contribution in [0.5, 0.6) is 0 Å². The molecule has 8 heteroatoms. The van der Waals surface area contributed by atoms with Gasteiger partial charge < -0.3 is 0 Å². The van der Waals surface area contributed by atoms with Crippen LogP contribution in [-0.2, 0) is 0 Å². The molecule has 0 aliphatic heterocycles. The fraction of sp³-hybridized carbons (Fsp3) is 0.250. The summed E-state index contributed by atoms with van der Waals surface area (Å²) < 4.78 is 2.93. The number of ketones is 1. The lowest BCUT2D eigenvalue weighted by Gasteiger charge is -2.20. The first-order valence-electron chi connectivity index (χ1n) is 8.66. The summed E-state index contributed by atoms with van der Waals surface area (Å²) in [6.45, 7) is 2.07. The Morgan fingerprint density at radius 2 is 1.79 bits per heavy atom. The van der Waals surface area contributed by atoms with Crippen LogP contribution < -0.4 is 0 Å². The first-order chi connectivity index (χ1) is 13.4. The maximum Gasteiger partial charge on any atom is 0.196 e. The van der Waals surface area contributed by atoms with Gasteiger partial charge in [0.05, 0.1) is 11.8 Å². The number of nitrogens with zero attached hydrogens (tertiary/aromatic N) is 4. The van der Waals surface area contributed by atoms with E-state index in [1.165, 1.54) is 11.8 Å². The third-order valence-corrected chi connectivity index (χ3v) is 6.10. The molecule has 0 saturated carbocycles. The van der Waals surface area contributed by atoms with Gasteiger partial charge in [-0.25, -0.2) is 0 Å². The number of halogens is 2. The molecule has 146 valence electrons. The number of aromatic nitrogens is 3. The Hall–Kier alpha value is -1.67. The van der Waals surface area contributed by atoms with Crippen molar-refractivity contribution in [3.8, 4) is 5.69 Å². The summed E-state index contributed by atoms with van der Waals surface area (Å²) in [7, 11) is 3.99. The fourth-order valence-corrected chi connectivity index (χ4v) is 3.80. The van der Waals surface area contributed by atoms with Gasteiger partial charge in [-0.2, -0.15) is 0 Å². The monoisotopic (exact) mass is 478 g/mol. The molecule has 0 fully saturated rings. The van der Waals surface area contributed by atoms with E-state index < -0.39 is 0 Å². The Balaban J connectivity index is 1.89. The van der Waals surface area contributed by atoms with E-state index >= 15 is 0 Å². The van der Waals surface area contributed by atoms with Gasteiger partial charge in [-0.15, -0.1) is 10.2 Å². The van der Waals surface area contributed by atoms with Gasteiger partial charge in [-0.05, 0) is 57.4 Å². The van der Waals surface area contributed by atoms with Crippen molar-refractivity contribution in [2.24, 2.45) is 0 Å². The van der Waals surface area contributed by atoms with E-state index in [1.807, 2.05) is 67.2 Å². The van der Waals surface area contributed by atoms with Crippen molar-refractivity contribution in [3.05, 3.63) is 69.4 Å². The zero-order chi connectivity index (χ0) is 20.3. The van der Waals surface area contributed by atoms with E-state index in [0.717, 1.165) is 16.0 Å². The molecule has 3 aromatic rings. The molecule has 0 aliphatic carbocycles. The van der Waals surface area contributed by atoms with Crippen molar-refractivity contribution in [1.82, 2.24) is 19.7 Å². The molecule has 3 rings (SSSR count). The lowest BCUT2D eigenvalue weighted by atomic mass is 10.2. The number of benzene rings is 2. The SMILES string of the molecule is CC(c1nnc(SCC(=O)c2ccc(Br)cc2)n1-c1ccc(Cl)cc1)N(C)C. The maximum atomic E-state index is 12.6. The highest BCUT2D eigenvalue weighted by molar-refractivity contribution is 9.10. The molecule has 1 atom stereocenters. The predicted molar refractivity (Wildman–Crippen MR) is 118 cm³/mol. The van der Waals surface area contributed by atoms with Crippen LogP contribution >= 0.6 is 39.3 Å². The number of hydrogen-bond donors (Lipinski definition) is 0. The van der Waals surface area contributed by atoms with E-state index in [2.05, 4.69) is 38.0 Å². The first-order valence-corrected chi connectivity index (χ1v) is 10.8. The summed E-state index contributed by atoms with van der Waals surface area (Å²) in [5, 5.41) is 10.1. The van der Waals surface area contributed by atoms with Gasteiger partial charge in [0.25, 0.3) is 0 Å². The molecular formula is C20H20BrClN4OS. The third kappa shape index (κ3) is 4.84. The van der Waals surface area contributed by atoms with Crippen LogP contribution in [-0.4, -0.2) is 45.3 Å². The number of carbonyl (C=O) groups excluding carboxylic acids is 1. The molecule has 0 N–H and O–H groups in total. The summed E-state index contributed by atoms with van der Waals surface area (Å²) in [5.74, 6) is 1.14. The first kappa shape index (κ1) is 21.0. The van der Waals surface area contributed by atoms with Gasteiger partial charge in [-0.3, -0.25) is 14.3 Å². The van der Waals surface area contributed by atoms with Crippen molar-refractivity contribution < 1.29 is 4.79 Å². The molecule has 0 radical (unpaired) electrons. The second-order valence-electron chi connectivity index (χ2n) is 6.51. The zero-order valence-corrected chi connectivity index (χ0v) is 18.9. The third-order valence-electron chi connectivity index (χ3n) is 4.39. The topological polar surface area (TPSA) is 51.0 Å². The van der Waals surface area contributed by atoms with Crippen molar-refractivity contribution in [3.63, 3.8) is 0 Å². The summed E-state index contributed by atoms with van der Waals surface area (Å²) in [6, 6.07) is 14.9. The highest BCUT2D eigenvalue weighted by atomic mass is 79.9. The lowest BCUT2D eigenvalue weighted by Crippen LogP contribution is -2.20. The number of rotatable bonds is 7. The van der Waals surface area contributed by atoms with E-state index in [0.29, 0.717) is 15.7 Å². The van der Waals surface area contributed by atoms with Crippen LogP contribution in [0.3, 0.4) is 0 Å². The highest BCUT2D eigenvalue weighted by Crippen LogP contribution is 2.28. The normalized spacial score (nSPS) is 12.4. The molecule has 0 bridgehead atoms. The predicted octanol–water partition coefficient (Wildman–Crippen LogP) is 5.28.